The fraction of sp³-hybridized carbons (Fsp3) is 0.118. The van der Waals surface area contributed by atoms with E-state index < -0.39 is 0 Å². The molecule has 0 aliphatic rings. The predicted molar refractivity (Wildman–Crippen MR) is 89.1 cm³/mol. The van der Waals surface area contributed by atoms with Crippen molar-refractivity contribution in [1.82, 2.24) is 20.1 Å². The third-order valence-electron chi connectivity index (χ3n) is 3.43. The van der Waals surface area contributed by atoms with Gasteiger partial charge in [0.05, 0.1) is 5.69 Å². The number of rotatable bonds is 4. The van der Waals surface area contributed by atoms with Gasteiger partial charge >= 0.3 is 0 Å². The maximum atomic E-state index is 12.3. The molecule has 6 heteroatoms. The zero-order valence-corrected chi connectivity index (χ0v) is 13.3. The van der Waals surface area contributed by atoms with Crippen LogP contribution in [0.5, 0.6) is 0 Å². The van der Waals surface area contributed by atoms with Crippen LogP contribution in [0, 0.1) is 0 Å². The first-order chi connectivity index (χ1) is 11.1. The highest BCUT2D eigenvalue weighted by Gasteiger charge is 2.14. The number of hydrogen-bond donors (Lipinski definition) is 1. The molecule has 1 aromatic carbocycles. The van der Waals surface area contributed by atoms with Crippen LogP contribution in [-0.2, 0) is 13.6 Å². The number of amides is 1. The number of carbonyl (C=O) groups excluding carboxylic acids is 1. The van der Waals surface area contributed by atoms with Gasteiger partial charge in [0.2, 0.25) is 0 Å². The molecule has 23 heavy (non-hydrogen) atoms. The monoisotopic (exact) mass is 326 g/mol. The zero-order chi connectivity index (χ0) is 16.2. The Bertz CT molecular complexity index is 812. The molecule has 0 atom stereocenters. The second-order valence-electron chi connectivity index (χ2n) is 5.09. The van der Waals surface area contributed by atoms with Crippen LogP contribution >= 0.6 is 11.6 Å². The van der Waals surface area contributed by atoms with Gasteiger partial charge < -0.3 is 5.32 Å². The van der Waals surface area contributed by atoms with Gasteiger partial charge in [-0.2, -0.15) is 5.10 Å². The molecule has 0 saturated heterocycles. The minimum Gasteiger partial charge on any atom is -0.347 e. The number of nitrogens with zero attached hydrogens (tertiary/aromatic N) is 3. The molecule has 2 heterocycles. The molecular formula is C17H15ClN4O. The van der Waals surface area contributed by atoms with E-state index in [0.717, 1.165) is 16.8 Å². The second-order valence-corrected chi connectivity index (χ2v) is 5.53. The summed E-state index contributed by atoms with van der Waals surface area (Å²) >= 11 is 5.89. The first-order valence-electron chi connectivity index (χ1n) is 7.10. The highest BCUT2D eigenvalue weighted by Crippen LogP contribution is 2.21. The Kier molecular flexibility index (Phi) is 4.39. The average molecular weight is 327 g/mol. The summed E-state index contributed by atoms with van der Waals surface area (Å²) in [5.74, 6) is -0.177. The van der Waals surface area contributed by atoms with Crippen LogP contribution in [0.3, 0.4) is 0 Å². The molecular weight excluding hydrogens is 312 g/mol. The Balaban J connectivity index is 1.75. The summed E-state index contributed by atoms with van der Waals surface area (Å²) < 4.78 is 1.57. The summed E-state index contributed by atoms with van der Waals surface area (Å²) in [5.41, 5.74) is 3.09. The number of nitrogens with one attached hydrogen (secondary N) is 1. The van der Waals surface area contributed by atoms with E-state index in [-0.39, 0.29) is 5.91 Å². The van der Waals surface area contributed by atoms with Gasteiger partial charge in [-0.1, -0.05) is 29.8 Å². The van der Waals surface area contributed by atoms with Crippen molar-refractivity contribution in [3.05, 3.63) is 71.1 Å². The van der Waals surface area contributed by atoms with Crippen LogP contribution in [-0.4, -0.2) is 20.7 Å². The first-order valence-corrected chi connectivity index (χ1v) is 7.48. The van der Waals surface area contributed by atoms with E-state index in [4.69, 9.17) is 11.6 Å². The van der Waals surface area contributed by atoms with Gasteiger partial charge in [-0.25, -0.2) is 0 Å². The van der Waals surface area contributed by atoms with Gasteiger partial charge in [-0.3, -0.25) is 14.5 Å². The Hall–Kier alpha value is -2.66. The number of pyridine rings is 1. The van der Waals surface area contributed by atoms with Crippen molar-refractivity contribution in [2.75, 3.05) is 0 Å². The minimum atomic E-state index is -0.177. The Morgan fingerprint density at radius 1 is 1.26 bits per heavy atom. The number of benzene rings is 1. The quantitative estimate of drug-likeness (QED) is 0.801. The highest BCUT2D eigenvalue weighted by molar-refractivity contribution is 6.30. The smallest absolute Gasteiger partial charge is 0.269 e. The van der Waals surface area contributed by atoms with Crippen LogP contribution in [0.15, 0.2) is 54.9 Å². The van der Waals surface area contributed by atoms with Crippen molar-refractivity contribution in [3.63, 3.8) is 0 Å². The lowest BCUT2D eigenvalue weighted by Gasteiger charge is -2.04. The van der Waals surface area contributed by atoms with Crippen LogP contribution in [0.4, 0.5) is 0 Å². The second kappa shape index (κ2) is 6.62. The number of halogens is 1. The third-order valence-corrected chi connectivity index (χ3v) is 3.68. The summed E-state index contributed by atoms with van der Waals surface area (Å²) in [6.07, 6.45) is 3.42. The molecule has 0 unspecified atom stereocenters. The van der Waals surface area contributed by atoms with E-state index in [1.165, 1.54) is 0 Å². The molecule has 0 aliphatic carbocycles. The maximum absolute atomic E-state index is 12.3. The van der Waals surface area contributed by atoms with Crippen molar-refractivity contribution in [2.24, 2.45) is 7.05 Å². The topological polar surface area (TPSA) is 59.8 Å². The lowest BCUT2D eigenvalue weighted by molar-refractivity contribution is 0.0941. The lowest BCUT2D eigenvalue weighted by Crippen LogP contribution is -2.25. The van der Waals surface area contributed by atoms with Gasteiger partial charge in [-0.15, -0.1) is 0 Å². The minimum absolute atomic E-state index is 0.177. The summed E-state index contributed by atoms with van der Waals surface area (Å²) in [4.78, 5) is 16.3. The predicted octanol–water partition coefficient (Wildman–Crippen LogP) is 3.07. The molecule has 3 aromatic rings. The van der Waals surface area contributed by atoms with Crippen LogP contribution in [0.1, 0.15) is 16.1 Å². The highest BCUT2D eigenvalue weighted by atomic mass is 35.5. The number of aryl methyl sites for hydroxylation is 1. The molecule has 5 nitrogen and oxygen atoms in total. The van der Waals surface area contributed by atoms with Crippen molar-refractivity contribution >= 4 is 17.5 Å². The van der Waals surface area contributed by atoms with Gasteiger partial charge in [0.15, 0.2) is 0 Å². The Morgan fingerprint density at radius 2 is 2.04 bits per heavy atom. The lowest BCUT2D eigenvalue weighted by atomic mass is 10.1. The van der Waals surface area contributed by atoms with Gasteiger partial charge in [0.25, 0.3) is 5.91 Å². The van der Waals surface area contributed by atoms with Crippen LogP contribution in [0.25, 0.3) is 11.3 Å². The molecule has 0 fully saturated rings. The van der Waals surface area contributed by atoms with Crippen LogP contribution < -0.4 is 5.32 Å². The van der Waals surface area contributed by atoms with E-state index in [9.17, 15) is 4.79 Å². The van der Waals surface area contributed by atoms with Gasteiger partial charge in [0.1, 0.15) is 5.69 Å². The summed E-state index contributed by atoms with van der Waals surface area (Å²) in [6, 6.07) is 12.9. The number of aromatic nitrogens is 3. The SMILES string of the molecule is Cn1nc(-c2ccc(Cl)cc2)cc1C(=O)NCc1cccnc1. The van der Waals surface area contributed by atoms with E-state index >= 15 is 0 Å². The maximum Gasteiger partial charge on any atom is 0.269 e. The summed E-state index contributed by atoms with van der Waals surface area (Å²) in [7, 11) is 1.75. The number of hydrogen-bond acceptors (Lipinski definition) is 3. The molecule has 1 amide bonds. The van der Waals surface area contributed by atoms with Crippen molar-refractivity contribution in [1.29, 1.82) is 0 Å². The summed E-state index contributed by atoms with van der Waals surface area (Å²) in [5, 5.41) is 7.92. The zero-order valence-electron chi connectivity index (χ0n) is 12.5. The molecule has 2 aromatic heterocycles. The Labute approximate surface area is 138 Å². The molecule has 0 bridgehead atoms. The Morgan fingerprint density at radius 3 is 2.74 bits per heavy atom. The molecule has 1 N–H and O–H groups in total. The third kappa shape index (κ3) is 3.57. The molecule has 3 rings (SSSR count). The van der Waals surface area contributed by atoms with Crippen molar-refractivity contribution in [3.8, 4) is 11.3 Å². The standard InChI is InChI=1S/C17H15ClN4O/c1-22-16(17(23)20-11-12-3-2-8-19-10-12)9-15(21-22)13-4-6-14(18)7-5-13/h2-10H,11H2,1H3,(H,20,23). The molecule has 0 radical (unpaired) electrons. The van der Waals surface area contributed by atoms with Gasteiger partial charge in [0, 0.05) is 36.6 Å². The largest absolute Gasteiger partial charge is 0.347 e. The van der Waals surface area contributed by atoms with Crippen LogP contribution in [0.2, 0.25) is 5.02 Å². The van der Waals surface area contributed by atoms with E-state index in [1.54, 1.807) is 42.3 Å². The normalized spacial score (nSPS) is 10.5. The first kappa shape index (κ1) is 15.2. The van der Waals surface area contributed by atoms with Gasteiger partial charge in [-0.05, 0) is 29.8 Å². The molecule has 0 saturated carbocycles. The van der Waals surface area contributed by atoms with Crippen molar-refractivity contribution < 1.29 is 4.79 Å². The molecule has 0 aliphatic heterocycles. The fourth-order valence-corrected chi connectivity index (χ4v) is 2.34. The van der Waals surface area contributed by atoms with Crippen molar-refractivity contribution in [2.45, 2.75) is 6.54 Å². The van der Waals surface area contributed by atoms with E-state index in [0.29, 0.717) is 17.3 Å². The molecule has 116 valence electrons. The number of carbonyl (C=O) groups is 1. The summed E-state index contributed by atoms with van der Waals surface area (Å²) in [6.45, 7) is 0.425. The van der Waals surface area contributed by atoms with E-state index in [1.807, 2.05) is 24.3 Å². The molecule has 0 spiro atoms. The van der Waals surface area contributed by atoms with E-state index in [2.05, 4.69) is 15.4 Å². The fourth-order valence-electron chi connectivity index (χ4n) is 2.22. The average Bonchev–Trinajstić information content (AvgIpc) is 2.96.